The molecule has 2 nitrogen and oxygen atoms in total. The number of hydrogen-bond donors (Lipinski definition) is 0. The number of hydrogen-bond acceptors (Lipinski definition) is 2. The van der Waals surface area contributed by atoms with Crippen LogP contribution in [-0.2, 0) is 9.47 Å². The van der Waals surface area contributed by atoms with Crippen molar-refractivity contribution in [2.75, 3.05) is 0 Å². The smallest absolute Gasteiger partial charge is 0.395 e. The van der Waals surface area contributed by atoms with Crippen molar-refractivity contribution in [3.05, 3.63) is 12.0 Å². The van der Waals surface area contributed by atoms with Gasteiger partial charge >= 0.3 is 42.6 Å². The molecule has 168 valence electrons. The Morgan fingerprint density at radius 2 is 0.714 bits per heavy atom. The van der Waals surface area contributed by atoms with E-state index >= 15 is 0 Å². The van der Waals surface area contributed by atoms with Crippen molar-refractivity contribution in [1.82, 2.24) is 0 Å². The summed E-state index contributed by atoms with van der Waals surface area (Å²) in [6, 6.07) is 0. The van der Waals surface area contributed by atoms with Crippen LogP contribution in [0.4, 0.5) is 74.6 Å². The van der Waals surface area contributed by atoms with Gasteiger partial charge in [0.2, 0.25) is 0 Å². The van der Waals surface area contributed by atoms with E-state index in [9.17, 15) is 74.6 Å². The minimum absolute atomic E-state index is 1.98. The molecule has 0 aliphatic rings. The predicted molar refractivity (Wildman–Crippen MR) is 48.2 cm³/mol. The van der Waals surface area contributed by atoms with Crippen LogP contribution in [0.1, 0.15) is 0 Å². The van der Waals surface area contributed by atoms with Crippen LogP contribution in [0.15, 0.2) is 12.0 Å². The van der Waals surface area contributed by atoms with Crippen molar-refractivity contribution >= 4 is 0 Å². The highest BCUT2D eigenvalue weighted by Gasteiger charge is 2.78. The molecule has 0 aromatic rings. The Kier molecular flexibility index (Phi) is 6.43. The number of alkyl halides is 17. The zero-order valence-corrected chi connectivity index (χ0v) is 11.8. The molecule has 0 atom stereocenters. The quantitative estimate of drug-likeness (QED) is 0.355. The van der Waals surface area contributed by atoms with Gasteiger partial charge in [0.25, 0.3) is 5.95 Å². The molecule has 0 aliphatic carbocycles. The maximum Gasteiger partial charge on any atom is 0.476 e. The maximum absolute atomic E-state index is 12.8. The van der Waals surface area contributed by atoms with Gasteiger partial charge in [0.15, 0.2) is 0 Å². The summed E-state index contributed by atoms with van der Waals surface area (Å²) in [5, 5.41) is 0. The van der Waals surface area contributed by atoms with Gasteiger partial charge in [-0.25, -0.2) is 0 Å². The molecule has 28 heavy (non-hydrogen) atoms. The highest BCUT2D eigenvalue weighted by atomic mass is 19.4. The van der Waals surface area contributed by atoms with Crippen LogP contribution in [0.25, 0.3) is 0 Å². The van der Waals surface area contributed by atoms with Crippen LogP contribution in [0.3, 0.4) is 0 Å². The van der Waals surface area contributed by atoms with Gasteiger partial charge in [-0.15, -0.1) is 0 Å². The topological polar surface area (TPSA) is 18.5 Å². The molecule has 0 amide bonds. The Morgan fingerprint density at radius 1 is 0.464 bits per heavy atom. The van der Waals surface area contributed by atoms with Gasteiger partial charge in [0.1, 0.15) is 6.08 Å². The largest absolute Gasteiger partial charge is 0.476 e. The van der Waals surface area contributed by atoms with E-state index in [-0.39, 0.29) is 0 Å². The molecule has 0 bridgehead atoms. The zero-order chi connectivity index (χ0) is 23.2. The molecule has 0 heterocycles. The van der Waals surface area contributed by atoms with E-state index < -0.39 is 54.6 Å². The van der Waals surface area contributed by atoms with Crippen molar-refractivity contribution in [1.29, 1.82) is 0 Å². The second-order valence-corrected chi connectivity index (χ2v) is 4.39. The first-order chi connectivity index (χ1) is 11.8. The predicted octanol–water partition coefficient (Wildman–Crippen LogP) is 6.00. The van der Waals surface area contributed by atoms with Crippen LogP contribution in [-0.4, -0.2) is 42.6 Å². The number of allylic oxidation sites excluding steroid dienone is 1. The molecule has 0 saturated carbocycles. The van der Waals surface area contributed by atoms with Gasteiger partial charge in [-0.1, -0.05) is 0 Å². The monoisotopic (exact) mass is 464 g/mol. The van der Waals surface area contributed by atoms with Crippen LogP contribution in [0.2, 0.25) is 0 Å². The fraction of sp³-hybridized carbons (Fsp3) is 0.778. The van der Waals surface area contributed by atoms with Crippen LogP contribution >= 0.6 is 0 Å². The van der Waals surface area contributed by atoms with Crippen LogP contribution in [0.5, 0.6) is 0 Å². The third-order valence-corrected chi connectivity index (χ3v) is 2.18. The molecular weight excluding hydrogens is 463 g/mol. The Bertz CT molecular complexity index is 535. The molecule has 0 spiro atoms. The molecule has 0 fully saturated rings. The number of halogens is 17. The second-order valence-electron chi connectivity index (χ2n) is 4.39. The lowest BCUT2D eigenvalue weighted by molar-refractivity contribution is -0.448. The molecular formula is C9HF17O2. The highest BCUT2D eigenvalue weighted by molar-refractivity contribution is 4.98. The van der Waals surface area contributed by atoms with Crippen LogP contribution in [0, 0.1) is 0 Å². The van der Waals surface area contributed by atoms with E-state index in [2.05, 4.69) is 0 Å². The zero-order valence-electron chi connectivity index (χ0n) is 11.8. The summed E-state index contributed by atoms with van der Waals surface area (Å²) in [6.07, 6.45) is -37.5. The van der Waals surface area contributed by atoms with Gasteiger partial charge in [0.05, 0.1) is 0 Å². The fourth-order valence-corrected chi connectivity index (χ4v) is 0.924. The van der Waals surface area contributed by atoms with E-state index in [1.807, 2.05) is 9.47 Å². The highest BCUT2D eigenvalue weighted by Crippen LogP contribution is 2.51. The molecule has 0 aromatic heterocycles. The van der Waals surface area contributed by atoms with Gasteiger partial charge in [-0.2, -0.15) is 74.6 Å². The Labute approximate surface area is 140 Å². The summed E-state index contributed by atoms with van der Waals surface area (Å²) < 4.78 is 212. The number of ether oxygens (including phenoxy) is 2. The van der Waals surface area contributed by atoms with Crippen molar-refractivity contribution < 1.29 is 84.1 Å². The minimum Gasteiger partial charge on any atom is -0.395 e. The normalized spacial score (nSPS) is 15.3. The SMILES string of the molecule is FC(F)(F)C=C(OC(F)(F)C(F)(F)C(F)(F)F)OC(F)(F)C(F)(F)C(F)(F)F. The van der Waals surface area contributed by atoms with E-state index in [0.717, 1.165) is 0 Å². The number of rotatable bonds is 6. The van der Waals surface area contributed by atoms with Gasteiger partial charge in [0, 0.05) is 0 Å². The van der Waals surface area contributed by atoms with Gasteiger partial charge in [-0.3, -0.25) is 0 Å². The first-order valence-corrected chi connectivity index (χ1v) is 5.61. The maximum atomic E-state index is 12.8. The fourth-order valence-electron chi connectivity index (χ4n) is 0.924. The third kappa shape index (κ3) is 5.36. The van der Waals surface area contributed by atoms with Crippen molar-refractivity contribution in [2.24, 2.45) is 0 Å². The molecule has 0 saturated heterocycles. The van der Waals surface area contributed by atoms with Crippen molar-refractivity contribution in [3.8, 4) is 0 Å². The standard InChI is InChI=1S/C9HF17O2/c10-3(11,12)1-2(27-8(23,24)4(13,14)6(17,18)19)28-9(25,26)5(15,16)7(20,21)22/h1H. The molecule has 0 rings (SSSR count). The summed E-state index contributed by atoms with van der Waals surface area (Å²) in [5.41, 5.74) is 0. The van der Waals surface area contributed by atoms with E-state index in [1.165, 1.54) is 0 Å². The first kappa shape index (κ1) is 26.1. The summed E-state index contributed by atoms with van der Waals surface area (Å²) in [7, 11) is 0. The Balaban J connectivity index is 6.15. The molecule has 0 aromatic carbocycles. The Morgan fingerprint density at radius 3 is 0.893 bits per heavy atom. The summed E-state index contributed by atoms with van der Waals surface area (Å²) in [5.74, 6) is -18.8. The minimum atomic E-state index is -7.42. The lowest BCUT2D eigenvalue weighted by Crippen LogP contribution is -2.55. The Hall–Kier alpha value is -1.85. The van der Waals surface area contributed by atoms with Gasteiger partial charge in [-0.05, 0) is 0 Å². The third-order valence-electron chi connectivity index (χ3n) is 2.18. The average molecular weight is 464 g/mol. The van der Waals surface area contributed by atoms with E-state index in [0.29, 0.717) is 0 Å². The molecule has 19 heteroatoms. The molecule has 0 N–H and O–H groups in total. The molecule has 0 radical (unpaired) electrons. The lowest BCUT2D eigenvalue weighted by atomic mass is 10.3. The second kappa shape index (κ2) is 6.89. The van der Waals surface area contributed by atoms with Crippen molar-refractivity contribution in [2.45, 2.75) is 42.6 Å². The summed E-state index contributed by atoms with van der Waals surface area (Å²) >= 11 is 0. The van der Waals surface area contributed by atoms with Crippen molar-refractivity contribution in [3.63, 3.8) is 0 Å². The van der Waals surface area contributed by atoms with Crippen LogP contribution < -0.4 is 0 Å². The van der Waals surface area contributed by atoms with Gasteiger partial charge < -0.3 is 9.47 Å². The molecule has 0 aliphatic heterocycles. The van der Waals surface area contributed by atoms with E-state index in [1.54, 1.807) is 0 Å². The molecule has 0 unspecified atom stereocenters. The summed E-state index contributed by atoms with van der Waals surface area (Å²) in [4.78, 5) is 0. The first-order valence-electron chi connectivity index (χ1n) is 5.61. The average Bonchev–Trinajstić information content (AvgIpc) is 2.31. The lowest BCUT2D eigenvalue weighted by Gasteiger charge is -2.31. The summed E-state index contributed by atoms with van der Waals surface area (Å²) in [6.45, 7) is 0. The van der Waals surface area contributed by atoms with E-state index in [4.69, 9.17) is 0 Å².